The Balaban J connectivity index is 2.67. The number of nitrogens with zero attached hydrogens (tertiary/aromatic N) is 2. The van der Waals surface area contributed by atoms with Gasteiger partial charge in [-0.15, -0.1) is 0 Å². The van der Waals surface area contributed by atoms with Crippen LogP contribution in [0.1, 0.15) is 33.1 Å². The molecule has 0 unspecified atom stereocenters. The maximum Gasteiger partial charge on any atom is 0.270 e. The van der Waals surface area contributed by atoms with Crippen molar-refractivity contribution in [3.8, 4) is 0 Å². The highest BCUT2D eigenvalue weighted by Gasteiger charge is 2.24. The molecule has 0 fully saturated rings. The molecule has 0 atom stereocenters. The summed E-state index contributed by atoms with van der Waals surface area (Å²) in [5.41, 5.74) is 2.70. The predicted molar refractivity (Wildman–Crippen MR) is 63.4 cm³/mol. The molecule has 0 aromatic heterocycles. The molecular formula is C11H19N3O3. The summed E-state index contributed by atoms with van der Waals surface area (Å²) in [7, 11) is 0. The molecule has 96 valence electrons. The van der Waals surface area contributed by atoms with E-state index in [1.807, 2.05) is 13.8 Å². The molecule has 17 heavy (non-hydrogen) atoms. The maximum atomic E-state index is 12.1. The average molecular weight is 241 g/mol. The summed E-state index contributed by atoms with van der Waals surface area (Å²) in [4.78, 5) is 24.7. The van der Waals surface area contributed by atoms with Crippen molar-refractivity contribution in [2.45, 2.75) is 39.2 Å². The van der Waals surface area contributed by atoms with Crippen LogP contribution in [0.25, 0.3) is 0 Å². The number of rotatable bonds is 5. The fourth-order valence-corrected chi connectivity index (χ4v) is 1.63. The van der Waals surface area contributed by atoms with Crippen molar-refractivity contribution in [1.29, 1.82) is 0 Å². The molecule has 6 nitrogen and oxygen atoms in total. The van der Waals surface area contributed by atoms with Crippen LogP contribution in [0.15, 0.2) is 5.10 Å². The molecule has 0 spiro atoms. The highest BCUT2D eigenvalue weighted by Crippen LogP contribution is 2.07. The minimum absolute atomic E-state index is 0.0504. The Morgan fingerprint density at radius 1 is 1.53 bits per heavy atom. The fraction of sp³-hybridized carbons (Fsp3) is 0.727. The predicted octanol–water partition coefficient (Wildman–Crippen LogP) is -0.128. The number of hydrogen-bond donors (Lipinski definition) is 2. The first-order valence-corrected chi connectivity index (χ1v) is 5.83. The molecule has 6 heteroatoms. The quantitative estimate of drug-likeness (QED) is 0.703. The highest BCUT2D eigenvalue weighted by molar-refractivity contribution is 6.39. The molecule has 0 radical (unpaired) electrons. The largest absolute Gasteiger partial charge is 0.396 e. The Kier molecular flexibility index (Phi) is 5.09. The van der Waals surface area contributed by atoms with Gasteiger partial charge in [-0.3, -0.25) is 9.59 Å². The first-order chi connectivity index (χ1) is 8.06. The third-order valence-electron chi connectivity index (χ3n) is 2.59. The normalized spacial score (nSPS) is 15.5. The standard InChI is InChI=1S/C11H19N3O3/c1-8(2)14(6-3-7-15)11(17)9-4-5-10(16)13-12-9/h8,15H,3-7H2,1-2H3,(H,13,16). The molecule has 0 aliphatic carbocycles. The van der Waals surface area contributed by atoms with Gasteiger partial charge in [0.2, 0.25) is 5.91 Å². The van der Waals surface area contributed by atoms with Gasteiger partial charge in [0.15, 0.2) is 0 Å². The molecule has 2 N–H and O–H groups in total. The summed E-state index contributed by atoms with van der Waals surface area (Å²) in [6.07, 6.45) is 1.23. The van der Waals surface area contributed by atoms with Crippen molar-refractivity contribution in [3.05, 3.63) is 0 Å². The lowest BCUT2D eigenvalue weighted by molar-refractivity contribution is -0.126. The monoisotopic (exact) mass is 241 g/mol. The molecular weight excluding hydrogens is 222 g/mol. The van der Waals surface area contributed by atoms with Crippen LogP contribution in [0.2, 0.25) is 0 Å². The summed E-state index contributed by atoms with van der Waals surface area (Å²) in [5, 5.41) is 12.6. The zero-order valence-electron chi connectivity index (χ0n) is 10.3. The molecule has 1 aliphatic heterocycles. The van der Waals surface area contributed by atoms with Crippen LogP contribution < -0.4 is 5.43 Å². The van der Waals surface area contributed by atoms with Crippen LogP contribution in [0.4, 0.5) is 0 Å². The molecule has 0 bridgehead atoms. The van der Waals surface area contributed by atoms with Crippen molar-refractivity contribution in [2.75, 3.05) is 13.2 Å². The number of carbonyl (C=O) groups is 2. The highest BCUT2D eigenvalue weighted by atomic mass is 16.3. The second-order valence-electron chi connectivity index (χ2n) is 4.26. The number of hydrogen-bond acceptors (Lipinski definition) is 4. The molecule has 1 heterocycles. The molecule has 1 rings (SSSR count). The van der Waals surface area contributed by atoms with E-state index in [9.17, 15) is 9.59 Å². The first-order valence-electron chi connectivity index (χ1n) is 5.83. The summed E-state index contributed by atoms with van der Waals surface area (Å²) in [6, 6.07) is 0.0504. The van der Waals surface area contributed by atoms with E-state index in [1.165, 1.54) is 0 Å². The minimum atomic E-state index is -0.159. The van der Waals surface area contributed by atoms with Gasteiger partial charge in [-0.2, -0.15) is 5.10 Å². The topological polar surface area (TPSA) is 82.0 Å². The van der Waals surface area contributed by atoms with Crippen LogP contribution in [-0.4, -0.2) is 46.7 Å². The van der Waals surface area contributed by atoms with Gasteiger partial charge in [-0.1, -0.05) is 0 Å². The molecule has 0 aromatic rings. The Bertz CT molecular complexity index is 326. The summed E-state index contributed by atoms with van der Waals surface area (Å²) >= 11 is 0. The number of carbonyl (C=O) groups excluding carboxylic acids is 2. The Hall–Kier alpha value is -1.43. The van der Waals surface area contributed by atoms with E-state index in [1.54, 1.807) is 4.90 Å². The SMILES string of the molecule is CC(C)N(CCCO)C(=O)C1=NNC(=O)CC1. The summed E-state index contributed by atoms with van der Waals surface area (Å²) in [5.74, 6) is -0.318. The van der Waals surface area contributed by atoms with Crippen LogP contribution in [0.3, 0.4) is 0 Å². The van der Waals surface area contributed by atoms with Crippen molar-refractivity contribution >= 4 is 17.5 Å². The fourth-order valence-electron chi connectivity index (χ4n) is 1.63. The summed E-state index contributed by atoms with van der Waals surface area (Å²) < 4.78 is 0. The van der Waals surface area contributed by atoms with E-state index >= 15 is 0 Å². The Labute approximate surface area is 101 Å². The molecule has 1 aliphatic rings. The average Bonchev–Trinajstić information content (AvgIpc) is 2.29. The maximum absolute atomic E-state index is 12.1. The second-order valence-corrected chi connectivity index (χ2v) is 4.26. The van der Waals surface area contributed by atoms with Crippen molar-refractivity contribution in [3.63, 3.8) is 0 Å². The number of aliphatic hydroxyl groups is 1. The van der Waals surface area contributed by atoms with Gasteiger partial charge in [-0.05, 0) is 20.3 Å². The van der Waals surface area contributed by atoms with Gasteiger partial charge >= 0.3 is 0 Å². The lowest BCUT2D eigenvalue weighted by Gasteiger charge is -2.27. The third-order valence-corrected chi connectivity index (χ3v) is 2.59. The molecule has 2 amide bonds. The van der Waals surface area contributed by atoms with E-state index in [2.05, 4.69) is 10.5 Å². The minimum Gasteiger partial charge on any atom is -0.396 e. The van der Waals surface area contributed by atoms with E-state index in [0.717, 1.165) is 0 Å². The van der Waals surface area contributed by atoms with Crippen LogP contribution in [-0.2, 0) is 9.59 Å². The lowest BCUT2D eigenvalue weighted by atomic mass is 10.1. The van der Waals surface area contributed by atoms with Crippen molar-refractivity contribution in [2.24, 2.45) is 5.10 Å². The molecule has 0 aromatic carbocycles. The number of nitrogens with one attached hydrogen (secondary N) is 1. The number of amides is 2. The van der Waals surface area contributed by atoms with Crippen molar-refractivity contribution in [1.82, 2.24) is 10.3 Å². The second kappa shape index (κ2) is 6.34. The number of aliphatic hydroxyl groups excluding tert-OH is 1. The molecule has 0 saturated heterocycles. The van der Waals surface area contributed by atoms with Crippen LogP contribution in [0, 0.1) is 0 Å². The van der Waals surface area contributed by atoms with Gasteiger partial charge in [0.05, 0.1) is 0 Å². The summed E-state index contributed by atoms with van der Waals surface area (Å²) in [6.45, 7) is 4.38. The Morgan fingerprint density at radius 3 is 2.71 bits per heavy atom. The van der Waals surface area contributed by atoms with Gasteiger partial charge in [0.25, 0.3) is 5.91 Å². The third kappa shape index (κ3) is 3.81. The zero-order valence-corrected chi connectivity index (χ0v) is 10.3. The zero-order chi connectivity index (χ0) is 12.8. The van der Waals surface area contributed by atoms with Gasteiger partial charge in [-0.25, -0.2) is 5.43 Å². The Morgan fingerprint density at radius 2 is 2.24 bits per heavy atom. The lowest BCUT2D eigenvalue weighted by Crippen LogP contribution is -2.44. The van der Waals surface area contributed by atoms with E-state index in [-0.39, 0.29) is 24.5 Å². The first kappa shape index (κ1) is 13.6. The van der Waals surface area contributed by atoms with Crippen LogP contribution in [0.5, 0.6) is 0 Å². The van der Waals surface area contributed by atoms with Crippen molar-refractivity contribution < 1.29 is 14.7 Å². The van der Waals surface area contributed by atoms with Crippen LogP contribution >= 0.6 is 0 Å². The van der Waals surface area contributed by atoms with E-state index in [4.69, 9.17) is 5.11 Å². The van der Waals surface area contributed by atoms with E-state index < -0.39 is 0 Å². The molecule has 0 saturated carbocycles. The smallest absolute Gasteiger partial charge is 0.270 e. The van der Waals surface area contributed by atoms with E-state index in [0.29, 0.717) is 31.5 Å². The van der Waals surface area contributed by atoms with Gasteiger partial charge in [0.1, 0.15) is 5.71 Å². The van der Waals surface area contributed by atoms with Gasteiger partial charge < -0.3 is 10.0 Å². The number of hydrazone groups is 1. The van der Waals surface area contributed by atoms with Gasteiger partial charge in [0, 0.05) is 32.0 Å².